The van der Waals surface area contributed by atoms with E-state index in [2.05, 4.69) is 4.99 Å². The van der Waals surface area contributed by atoms with Gasteiger partial charge in [0.05, 0.1) is 6.10 Å². The van der Waals surface area contributed by atoms with Gasteiger partial charge in [-0.3, -0.25) is 4.99 Å². The van der Waals surface area contributed by atoms with E-state index in [9.17, 15) is 0 Å². The fraction of sp³-hybridized carbons (Fsp3) is 0.800. The molecule has 7 heavy (non-hydrogen) atoms. The molecular formula is C5H9NO. The zero-order chi connectivity index (χ0) is 5.28. The molecule has 0 amide bonds. The van der Waals surface area contributed by atoms with Gasteiger partial charge in [-0.25, -0.2) is 0 Å². The molecule has 0 spiro atoms. The number of hydrogen-bond acceptors (Lipinski definition) is 2. The first-order valence-corrected chi connectivity index (χ1v) is 2.49. The van der Waals surface area contributed by atoms with E-state index < -0.39 is 0 Å². The molecule has 1 heterocycles. The van der Waals surface area contributed by atoms with Crippen molar-refractivity contribution < 1.29 is 5.11 Å². The van der Waals surface area contributed by atoms with Crippen molar-refractivity contribution in [1.29, 1.82) is 0 Å². The first-order valence-electron chi connectivity index (χ1n) is 2.49. The summed E-state index contributed by atoms with van der Waals surface area (Å²) in [4.78, 5) is 3.98. The van der Waals surface area contributed by atoms with Crippen molar-refractivity contribution in [1.82, 2.24) is 0 Å². The van der Waals surface area contributed by atoms with E-state index >= 15 is 0 Å². The SMILES string of the molecule is CC1=NCC[C@@H]1O. The highest BCUT2D eigenvalue weighted by molar-refractivity contribution is 5.87. The number of hydrogen-bond donors (Lipinski definition) is 1. The topological polar surface area (TPSA) is 32.6 Å². The molecule has 0 saturated heterocycles. The first-order chi connectivity index (χ1) is 3.30. The number of rotatable bonds is 0. The first kappa shape index (κ1) is 4.78. The minimum Gasteiger partial charge on any atom is -0.387 e. The van der Waals surface area contributed by atoms with Crippen LogP contribution in [0.1, 0.15) is 13.3 Å². The second-order valence-electron chi connectivity index (χ2n) is 1.83. The fourth-order valence-corrected chi connectivity index (χ4v) is 0.677. The highest BCUT2D eigenvalue weighted by Gasteiger charge is 2.11. The molecule has 0 fully saturated rings. The summed E-state index contributed by atoms with van der Waals surface area (Å²) in [6.45, 7) is 2.67. The average Bonchev–Trinajstić information content (AvgIpc) is 1.91. The van der Waals surface area contributed by atoms with Gasteiger partial charge in [-0.2, -0.15) is 0 Å². The Balaban J connectivity index is 2.54. The predicted molar refractivity (Wildman–Crippen MR) is 28.6 cm³/mol. The summed E-state index contributed by atoms with van der Waals surface area (Å²) in [5.74, 6) is 0. The molecule has 0 bridgehead atoms. The molecule has 1 rings (SSSR count). The second kappa shape index (κ2) is 1.62. The van der Waals surface area contributed by atoms with Gasteiger partial charge in [-0.15, -0.1) is 0 Å². The normalized spacial score (nSPS) is 30.6. The van der Waals surface area contributed by atoms with E-state index in [0.29, 0.717) is 0 Å². The Morgan fingerprint density at radius 2 is 2.57 bits per heavy atom. The van der Waals surface area contributed by atoms with Crippen LogP contribution in [0.2, 0.25) is 0 Å². The third-order valence-electron chi connectivity index (χ3n) is 1.25. The Kier molecular flexibility index (Phi) is 1.11. The third-order valence-corrected chi connectivity index (χ3v) is 1.25. The largest absolute Gasteiger partial charge is 0.387 e. The van der Waals surface area contributed by atoms with Crippen LogP contribution in [0.25, 0.3) is 0 Å². The van der Waals surface area contributed by atoms with Crippen LogP contribution < -0.4 is 0 Å². The van der Waals surface area contributed by atoms with Gasteiger partial charge in [0.2, 0.25) is 0 Å². The molecule has 0 radical (unpaired) electrons. The van der Waals surface area contributed by atoms with Gasteiger partial charge in [0, 0.05) is 12.3 Å². The Bertz CT molecular complexity index is 98.3. The maximum absolute atomic E-state index is 8.87. The predicted octanol–water partition coefficient (Wildman–Crippen LogP) is 0.212. The molecule has 0 unspecified atom stereocenters. The summed E-state index contributed by atoms with van der Waals surface area (Å²) in [6.07, 6.45) is 0.589. The van der Waals surface area contributed by atoms with Crippen molar-refractivity contribution in [3.63, 3.8) is 0 Å². The van der Waals surface area contributed by atoms with E-state index in [1.54, 1.807) is 0 Å². The summed E-state index contributed by atoms with van der Waals surface area (Å²) in [5, 5.41) is 8.87. The van der Waals surface area contributed by atoms with Crippen LogP contribution in [0.4, 0.5) is 0 Å². The lowest BCUT2D eigenvalue weighted by atomic mass is 10.2. The lowest BCUT2D eigenvalue weighted by Gasteiger charge is -1.95. The van der Waals surface area contributed by atoms with Crippen molar-refractivity contribution in [3.05, 3.63) is 0 Å². The minimum atomic E-state index is -0.236. The van der Waals surface area contributed by atoms with Crippen molar-refractivity contribution in [3.8, 4) is 0 Å². The zero-order valence-corrected chi connectivity index (χ0v) is 4.39. The molecular weight excluding hydrogens is 90.1 g/mol. The second-order valence-corrected chi connectivity index (χ2v) is 1.83. The molecule has 1 N–H and O–H groups in total. The van der Waals surface area contributed by atoms with Crippen LogP contribution in [-0.2, 0) is 0 Å². The van der Waals surface area contributed by atoms with Gasteiger partial charge in [0.15, 0.2) is 0 Å². The van der Waals surface area contributed by atoms with Crippen LogP contribution in [0.3, 0.4) is 0 Å². The molecule has 2 heteroatoms. The average molecular weight is 99.1 g/mol. The molecule has 1 atom stereocenters. The third kappa shape index (κ3) is 0.800. The number of aliphatic hydroxyl groups is 1. The molecule has 0 aromatic rings. The highest BCUT2D eigenvalue weighted by Crippen LogP contribution is 2.03. The Hall–Kier alpha value is -0.370. The van der Waals surface area contributed by atoms with E-state index in [4.69, 9.17) is 5.11 Å². The summed E-state index contributed by atoms with van der Waals surface area (Å²) in [5.41, 5.74) is 0.889. The van der Waals surface area contributed by atoms with Gasteiger partial charge >= 0.3 is 0 Å². The van der Waals surface area contributed by atoms with Crippen LogP contribution in [0.15, 0.2) is 4.99 Å². The van der Waals surface area contributed by atoms with E-state index in [1.165, 1.54) is 0 Å². The summed E-state index contributed by atoms with van der Waals surface area (Å²) >= 11 is 0. The lowest BCUT2D eigenvalue weighted by Crippen LogP contribution is -2.10. The summed E-state index contributed by atoms with van der Waals surface area (Å²) in [6, 6.07) is 0. The molecule has 1 aliphatic rings. The molecule has 0 aromatic carbocycles. The van der Waals surface area contributed by atoms with Crippen molar-refractivity contribution in [2.24, 2.45) is 4.99 Å². The van der Waals surface area contributed by atoms with E-state index in [-0.39, 0.29) is 6.10 Å². The van der Waals surface area contributed by atoms with Gasteiger partial charge in [-0.05, 0) is 13.3 Å². The zero-order valence-electron chi connectivity index (χ0n) is 4.39. The van der Waals surface area contributed by atoms with E-state index in [0.717, 1.165) is 18.7 Å². The number of aliphatic imine (C=N–C) groups is 1. The fourth-order valence-electron chi connectivity index (χ4n) is 0.677. The van der Waals surface area contributed by atoms with Crippen molar-refractivity contribution in [2.45, 2.75) is 19.4 Å². The Morgan fingerprint density at radius 3 is 2.71 bits per heavy atom. The quantitative estimate of drug-likeness (QED) is 0.462. The maximum atomic E-state index is 8.87. The summed E-state index contributed by atoms with van der Waals surface area (Å²) < 4.78 is 0. The standard InChI is InChI=1S/C5H9NO/c1-4-5(7)2-3-6-4/h5,7H,2-3H2,1H3/t5-/m0/s1. The summed E-state index contributed by atoms with van der Waals surface area (Å²) in [7, 11) is 0. The molecule has 1 aliphatic heterocycles. The maximum Gasteiger partial charge on any atom is 0.0931 e. The van der Waals surface area contributed by atoms with Crippen LogP contribution in [0, 0.1) is 0 Å². The van der Waals surface area contributed by atoms with Gasteiger partial charge in [-0.1, -0.05) is 0 Å². The van der Waals surface area contributed by atoms with Gasteiger partial charge in [0.1, 0.15) is 0 Å². The monoisotopic (exact) mass is 99.1 g/mol. The number of aliphatic hydroxyl groups excluding tert-OH is 1. The highest BCUT2D eigenvalue weighted by atomic mass is 16.3. The van der Waals surface area contributed by atoms with Gasteiger partial charge < -0.3 is 5.11 Å². The lowest BCUT2D eigenvalue weighted by molar-refractivity contribution is 0.243. The molecule has 40 valence electrons. The Labute approximate surface area is 42.9 Å². The van der Waals surface area contributed by atoms with Crippen LogP contribution >= 0.6 is 0 Å². The molecule has 0 saturated carbocycles. The van der Waals surface area contributed by atoms with E-state index in [1.807, 2.05) is 6.92 Å². The molecule has 0 aliphatic carbocycles. The van der Waals surface area contributed by atoms with Crippen molar-refractivity contribution in [2.75, 3.05) is 6.54 Å². The minimum absolute atomic E-state index is 0.236. The van der Waals surface area contributed by atoms with Crippen LogP contribution in [0.5, 0.6) is 0 Å². The Morgan fingerprint density at radius 1 is 1.86 bits per heavy atom. The molecule has 2 nitrogen and oxygen atoms in total. The van der Waals surface area contributed by atoms with Crippen molar-refractivity contribution >= 4 is 5.71 Å². The van der Waals surface area contributed by atoms with Gasteiger partial charge in [0.25, 0.3) is 0 Å². The number of nitrogens with zero attached hydrogens (tertiary/aromatic N) is 1. The molecule has 0 aromatic heterocycles. The van der Waals surface area contributed by atoms with Crippen LogP contribution in [-0.4, -0.2) is 23.5 Å². The smallest absolute Gasteiger partial charge is 0.0931 e.